The molecule has 0 unspecified atom stereocenters. The summed E-state index contributed by atoms with van der Waals surface area (Å²) in [4.78, 5) is 25.1. The molecule has 0 saturated heterocycles. The van der Waals surface area contributed by atoms with E-state index in [-0.39, 0.29) is 17.9 Å². The Morgan fingerprint density at radius 1 is 1.56 bits per heavy atom. The molecule has 2 aliphatic rings. The summed E-state index contributed by atoms with van der Waals surface area (Å²) in [6.07, 6.45) is 8.16. The number of nitrogens with one attached hydrogen (secondary N) is 1. The van der Waals surface area contributed by atoms with Gasteiger partial charge in [0.1, 0.15) is 5.71 Å². The summed E-state index contributed by atoms with van der Waals surface area (Å²) in [5.41, 5.74) is 2.85. The summed E-state index contributed by atoms with van der Waals surface area (Å²) in [7, 11) is 0. The van der Waals surface area contributed by atoms with E-state index in [2.05, 4.69) is 23.5 Å². The van der Waals surface area contributed by atoms with E-state index in [9.17, 15) is 9.59 Å². The van der Waals surface area contributed by atoms with Crippen molar-refractivity contribution in [2.75, 3.05) is 6.54 Å². The first-order valence-electron chi connectivity index (χ1n) is 6.55. The Labute approximate surface area is 107 Å². The molecule has 18 heavy (non-hydrogen) atoms. The number of carbonyl (C=O) groups excluding carboxylic acids is 2. The van der Waals surface area contributed by atoms with Gasteiger partial charge in [0.25, 0.3) is 5.91 Å². The molecule has 5 nitrogen and oxygen atoms in total. The molecule has 2 rings (SSSR count). The first kappa shape index (κ1) is 12.8. The molecule has 98 valence electrons. The topological polar surface area (TPSA) is 61.8 Å². The lowest BCUT2D eigenvalue weighted by molar-refractivity contribution is -0.125. The van der Waals surface area contributed by atoms with Crippen molar-refractivity contribution in [3.63, 3.8) is 0 Å². The van der Waals surface area contributed by atoms with Gasteiger partial charge in [0.2, 0.25) is 5.91 Å². The lowest BCUT2D eigenvalue weighted by atomic mass is 10.1. The Kier molecular flexibility index (Phi) is 4.12. The van der Waals surface area contributed by atoms with Crippen molar-refractivity contribution in [3.05, 3.63) is 12.2 Å². The van der Waals surface area contributed by atoms with Gasteiger partial charge in [0, 0.05) is 19.4 Å². The van der Waals surface area contributed by atoms with Gasteiger partial charge < -0.3 is 4.90 Å². The van der Waals surface area contributed by atoms with E-state index < -0.39 is 0 Å². The van der Waals surface area contributed by atoms with Crippen LogP contribution >= 0.6 is 0 Å². The van der Waals surface area contributed by atoms with Gasteiger partial charge in [-0.15, -0.1) is 0 Å². The van der Waals surface area contributed by atoms with Gasteiger partial charge in [-0.2, -0.15) is 5.10 Å². The van der Waals surface area contributed by atoms with Crippen LogP contribution in [0.25, 0.3) is 0 Å². The predicted molar refractivity (Wildman–Crippen MR) is 69.0 cm³/mol. The maximum absolute atomic E-state index is 12.3. The molecule has 1 N–H and O–H groups in total. The first-order valence-corrected chi connectivity index (χ1v) is 6.55. The Bertz CT molecular complexity index is 401. The van der Waals surface area contributed by atoms with E-state index >= 15 is 0 Å². The summed E-state index contributed by atoms with van der Waals surface area (Å²) in [5.74, 6) is -0.158. The number of amides is 2. The summed E-state index contributed by atoms with van der Waals surface area (Å²) >= 11 is 0. The number of unbranched alkanes of at least 4 members (excludes halogenated alkanes) is 1. The van der Waals surface area contributed by atoms with Crippen LogP contribution < -0.4 is 5.43 Å². The SMILES string of the molecule is CCCC[C@H]1C=CCN1C(=O)C1=NNC(=O)CC1. The fourth-order valence-corrected chi connectivity index (χ4v) is 2.26. The summed E-state index contributed by atoms with van der Waals surface area (Å²) in [5, 5.41) is 3.87. The summed E-state index contributed by atoms with van der Waals surface area (Å²) in [6.45, 7) is 2.80. The zero-order chi connectivity index (χ0) is 13.0. The Morgan fingerprint density at radius 3 is 3.06 bits per heavy atom. The Hall–Kier alpha value is -1.65. The minimum atomic E-state index is -0.117. The third kappa shape index (κ3) is 2.78. The van der Waals surface area contributed by atoms with Crippen LogP contribution in [0.1, 0.15) is 39.0 Å². The van der Waals surface area contributed by atoms with Gasteiger partial charge in [0.15, 0.2) is 0 Å². The van der Waals surface area contributed by atoms with E-state index in [0.717, 1.165) is 19.3 Å². The lowest BCUT2D eigenvalue weighted by Gasteiger charge is -2.25. The van der Waals surface area contributed by atoms with E-state index in [0.29, 0.717) is 25.1 Å². The number of hydrazone groups is 1. The van der Waals surface area contributed by atoms with Crippen molar-refractivity contribution < 1.29 is 9.59 Å². The van der Waals surface area contributed by atoms with Crippen molar-refractivity contribution in [1.82, 2.24) is 10.3 Å². The molecule has 2 amide bonds. The highest BCUT2D eigenvalue weighted by Gasteiger charge is 2.29. The molecule has 5 heteroatoms. The van der Waals surface area contributed by atoms with Crippen LogP contribution in [0.2, 0.25) is 0 Å². The van der Waals surface area contributed by atoms with Gasteiger partial charge >= 0.3 is 0 Å². The highest BCUT2D eigenvalue weighted by Crippen LogP contribution is 2.17. The highest BCUT2D eigenvalue weighted by molar-refractivity contribution is 6.39. The molecule has 0 spiro atoms. The molecule has 0 saturated carbocycles. The van der Waals surface area contributed by atoms with Gasteiger partial charge in [-0.1, -0.05) is 31.9 Å². The zero-order valence-electron chi connectivity index (χ0n) is 10.7. The van der Waals surface area contributed by atoms with Crippen molar-refractivity contribution >= 4 is 17.5 Å². The average molecular weight is 249 g/mol. The van der Waals surface area contributed by atoms with Gasteiger partial charge in [-0.05, 0) is 6.42 Å². The molecule has 1 atom stereocenters. The highest BCUT2D eigenvalue weighted by atomic mass is 16.2. The third-order valence-electron chi connectivity index (χ3n) is 3.33. The molecular weight excluding hydrogens is 230 g/mol. The second kappa shape index (κ2) is 5.80. The molecule has 2 heterocycles. The van der Waals surface area contributed by atoms with Crippen molar-refractivity contribution in [3.8, 4) is 0 Å². The normalized spacial score (nSPS) is 22.9. The maximum atomic E-state index is 12.3. The molecule has 0 aromatic heterocycles. The van der Waals surface area contributed by atoms with Crippen molar-refractivity contribution in [2.45, 2.75) is 45.1 Å². The second-order valence-corrected chi connectivity index (χ2v) is 4.69. The molecule has 0 fully saturated rings. The lowest BCUT2D eigenvalue weighted by Crippen LogP contribution is -2.43. The number of rotatable bonds is 4. The van der Waals surface area contributed by atoms with Crippen LogP contribution in [0.15, 0.2) is 17.3 Å². The number of carbonyl (C=O) groups is 2. The van der Waals surface area contributed by atoms with Crippen molar-refractivity contribution in [1.29, 1.82) is 0 Å². The average Bonchev–Trinajstić information content (AvgIpc) is 2.84. The number of hydrogen-bond acceptors (Lipinski definition) is 3. The van der Waals surface area contributed by atoms with Crippen LogP contribution in [-0.2, 0) is 9.59 Å². The van der Waals surface area contributed by atoms with E-state index in [4.69, 9.17) is 0 Å². The smallest absolute Gasteiger partial charge is 0.270 e. The minimum Gasteiger partial charge on any atom is -0.327 e. The Balaban J connectivity index is 1.98. The number of hydrogen-bond donors (Lipinski definition) is 1. The van der Waals surface area contributed by atoms with Gasteiger partial charge in [0.05, 0.1) is 6.04 Å². The number of nitrogens with zero attached hydrogens (tertiary/aromatic N) is 2. The summed E-state index contributed by atoms with van der Waals surface area (Å²) < 4.78 is 0. The third-order valence-corrected chi connectivity index (χ3v) is 3.33. The van der Waals surface area contributed by atoms with Gasteiger partial charge in [-0.25, -0.2) is 5.43 Å². The molecule has 0 aromatic carbocycles. The monoisotopic (exact) mass is 249 g/mol. The minimum absolute atomic E-state index is 0.0406. The fraction of sp³-hybridized carbons (Fsp3) is 0.615. The molecule has 0 radical (unpaired) electrons. The maximum Gasteiger partial charge on any atom is 0.270 e. The fourth-order valence-electron chi connectivity index (χ4n) is 2.26. The molecule has 2 aliphatic heterocycles. The molecule has 0 bridgehead atoms. The first-order chi connectivity index (χ1) is 8.72. The zero-order valence-corrected chi connectivity index (χ0v) is 10.7. The van der Waals surface area contributed by atoms with Crippen LogP contribution in [0, 0.1) is 0 Å². The summed E-state index contributed by atoms with van der Waals surface area (Å²) in [6, 6.07) is 0.192. The van der Waals surface area contributed by atoms with Crippen LogP contribution in [0.3, 0.4) is 0 Å². The molecule has 0 aliphatic carbocycles. The molecule has 0 aromatic rings. The standard InChI is InChI=1S/C13H19N3O2/c1-2-3-5-10-6-4-9-16(10)13(18)11-7-8-12(17)15-14-11/h4,6,10H,2-3,5,7-9H2,1H3,(H,15,17)/t10-/m0/s1. The second-order valence-electron chi connectivity index (χ2n) is 4.69. The van der Waals surface area contributed by atoms with Crippen LogP contribution in [0.4, 0.5) is 0 Å². The van der Waals surface area contributed by atoms with E-state index in [1.54, 1.807) is 0 Å². The quantitative estimate of drug-likeness (QED) is 0.761. The van der Waals surface area contributed by atoms with Crippen LogP contribution in [-0.4, -0.2) is 35.0 Å². The van der Waals surface area contributed by atoms with Crippen LogP contribution in [0.5, 0.6) is 0 Å². The van der Waals surface area contributed by atoms with E-state index in [1.165, 1.54) is 0 Å². The van der Waals surface area contributed by atoms with Gasteiger partial charge in [-0.3, -0.25) is 9.59 Å². The largest absolute Gasteiger partial charge is 0.327 e. The van der Waals surface area contributed by atoms with E-state index in [1.807, 2.05) is 11.0 Å². The predicted octanol–water partition coefficient (Wildman–Crippen LogP) is 1.21. The Morgan fingerprint density at radius 2 is 2.39 bits per heavy atom. The van der Waals surface area contributed by atoms with Crippen molar-refractivity contribution in [2.24, 2.45) is 5.10 Å². The molecular formula is C13H19N3O2.